The number of carbonyl (C=O) groups is 2. The number of hydrogen-bond acceptors (Lipinski definition) is 5. The molecule has 0 unspecified atom stereocenters. The van der Waals surface area contributed by atoms with Gasteiger partial charge in [0.1, 0.15) is 5.60 Å². The van der Waals surface area contributed by atoms with Crippen molar-refractivity contribution in [3.63, 3.8) is 0 Å². The minimum atomic E-state index is -1.03. The molecule has 1 aliphatic heterocycles. The van der Waals surface area contributed by atoms with Crippen LogP contribution in [-0.4, -0.2) is 47.6 Å². The highest BCUT2D eigenvalue weighted by molar-refractivity contribution is 6.56. The smallest absolute Gasteiger partial charge is 0.478 e. The van der Waals surface area contributed by atoms with Crippen LogP contribution in [0.15, 0.2) is 35.8 Å². The van der Waals surface area contributed by atoms with Crippen LogP contribution in [0.4, 0.5) is 4.79 Å². The lowest BCUT2D eigenvalue weighted by Gasteiger charge is -2.32. The SMILES string of the molecule is CC(C)(C)OC(=O)NCC(=Cc1ccccc1/C=C/C(=O)O)B1OC(C)(C)C(C)(C)O1. The molecular formula is C23H32BNO6. The van der Waals surface area contributed by atoms with Crippen molar-refractivity contribution in [3.8, 4) is 0 Å². The molecule has 1 fully saturated rings. The Balaban J connectivity index is 2.37. The van der Waals surface area contributed by atoms with Crippen LogP contribution in [0.3, 0.4) is 0 Å². The molecular weight excluding hydrogens is 397 g/mol. The third kappa shape index (κ3) is 6.97. The second-order valence-corrected chi connectivity index (χ2v) is 9.46. The number of rotatable bonds is 6. The van der Waals surface area contributed by atoms with Crippen molar-refractivity contribution < 1.29 is 28.7 Å². The van der Waals surface area contributed by atoms with Gasteiger partial charge in [0.2, 0.25) is 0 Å². The number of hydrogen-bond donors (Lipinski definition) is 2. The number of alkyl carbamates (subject to hydrolysis) is 1. The predicted molar refractivity (Wildman–Crippen MR) is 121 cm³/mol. The molecule has 1 saturated heterocycles. The summed E-state index contributed by atoms with van der Waals surface area (Å²) in [5.41, 5.74) is 0.455. The van der Waals surface area contributed by atoms with Gasteiger partial charge in [-0.25, -0.2) is 9.59 Å². The molecule has 7 nitrogen and oxygen atoms in total. The Morgan fingerprint density at radius 2 is 1.65 bits per heavy atom. The third-order valence-corrected chi connectivity index (χ3v) is 5.13. The summed E-state index contributed by atoms with van der Waals surface area (Å²) in [6.45, 7) is 13.3. The van der Waals surface area contributed by atoms with Crippen molar-refractivity contribution in [3.05, 3.63) is 46.9 Å². The molecule has 0 aliphatic carbocycles. The van der Waals surface area contributed by atoms with E-state index in [0.717, 1.165) is 17.2 Å². The van der Waals surface area contributed by atoms with Gasteiger partial charge in [0, 0.05) is 12.6 Å². The molecule has 0 aromatic heterocycles. The Hall–Kier alpha value is -2.58. The van der Waals surface area contributed by atoms with E-state index in [2.05, 4.69) is 5.32 Å². The van der Waals surface area contributed by atoms with Gasteiger partial charge < -0.3 is 24.5 Å². The van der Waals surface area contributed by atoms with Crippen molar-refractivity contribution in [1.29, 1.82) is 0 Å². The maximum Gasteiger partial charge on any atom is 0.492 e. The van der Waals surface area contributed by atoms with Crippen molar-refractivity contribution >= 4 is 31.3 Å². The molecule has 1 aromatic carbocycles. The number of ether oxygens (including phenoxy) is 1. The zero-order valence-corrected chi connectivity index (χ0v) is 19.3. The first-order valence-electron chi connectivity index (χ1n) is 10.2. The Kier molecular flexibility index (Phi) is 7.39. The van der Waals surface area contributed by atoms with Crippen molar-refractivity contribution in [2.75, 3.05) is 6.54 Å². The summed E-state index contributed by atoms with van der Waals surface area (Å²) in [6, 6.07) is 7.36. The second kappa shape index (κ2) is 9.28. The molecule has 0 radical (unpaired) electrons. The molecule has 1 amide bonds. The summed E-state index contributed by atoms with van der Waals surface area (Å²) in [4.78, 5) is 23.2. The van der Waals surface area contributed by atoms with Crippen LogP contribution >= 0.6 is 0 Å². The minimum absolute atomic E-state index is 0.142. The van der Waals surface area contributed by atoms with Crippen LogP contribution in [0, 0.1) is 0 Å². The van der Waals surface area contributed by atoms with Gasteiger partial charge in [-0.3, -0.25) is 0 Å². The molecule has 31 heavy (non-hydrogen) atoms. The topological polar surface area (TPSA) is 94.1 Å². The van der Waals surface area contributed by atoms with Crippen molar-refractivity contribution in [1.82, 2.24) is 5.32 Å². The minimum Gasteiger partial charge on any atom is -0.478 e. The number of nitrogens with one attached hydrogen (secondary N) is 1. The lowest BCUT2D eigenvalue weighted by Crippen LogP contribution is -2.41. The van der Waals surface area contributed by atoms with Crippen LogP contribution in [-0.2, 0) is 18.8 Å². The second-order valence-electron chi connectivity index (χ2n) is 9.46. The Bertz CT molecular complexity index is 866. The van der Waals surface area contributed by atoms with Crippen LogP contribution < -0.4 is 5.32 Å². The molecule has 1 heterocycles. The third-order valence-electron chi connectivity index (χ3n) is 5.13. The van der Waals surface area contributed by atoms with E-state index in [1.807, 2.05) is 58.0 Å². The summed E-state index contributed by atoms with van der Waals surface area (Å²) in [6.07, 6.45) is 3.91. The fourth-order valence-electron chi connectivity index (χ4n) is 2.84. The van der Waals surface area contributed by atoms with E-state index in [9.17, 15) is 9.59 Å². The quantitative estimate of drug-likeness (QED) is 0.517. The highest BCUT2D eigenvalue weighted by atomic mass is 16.7. The predicted octanol–water partition coefficient (Wildman–Crippen LogP) is 4.32. The average molecular weight is 429 g/mol. The molecule has 1 aliphatic rings. The van der Waals surface area contributed by atoms with E-state index in [-0.39, 0.29) is 6.54 Å². The Labute approximate surface area is 184 Å². The summed E-state index contributed by atoms with van der Waals surface area (Å²) < 4.78 is 17.7. The normalized spacial score (nSPS) is 18.3. The van der Waals surface area contributed by atoms with E-state index >= 15 is 0 Å². The van der Waals surface area contributed by atoms with Crippen LogP contribution in [0.2, 0.25) is 0 Å². The number of carbonyl (C=O) groups excluding carboxylic acids is 1. The molecule has 1 aromatic rings. The molecule has 0 saturated carbocycles. The van der Waals surface area contributed by atoms with Crippen LogP contribution in [0.5, 0.6) is 0 Å². The van der Waals surface area contributed by atoms with E-state index in [4.69, 9.17) is 19.2 Å². The summed E-state index contributed by atoms with van der Waals surface area (Å²) in [5.74, 6) is -1.03. The largest absolute Gasteiger partial charge is 0.492 e. The van der Waals surface area contributed by atoms with Crippen molar-refractivity contribution in [2.24, 2.45) is 0 Å². The lowest BCUT2D eigenvalue weighted by molar-refractivity contribution is -0.131. The van der Waals surface area contributed by atoms with Gasteiger partial charge in [-0.15, -0.1) is 0 Å². The highest BCUT2D eigenvalue weighted by Crippen LogP contribution is 2.38. The molecule has 168 valence electrons. The summed E-state index contributed by atoms with van der Waals surface area (Å²) >= 11 is 0. The first kappa shape index (κ1) is 24.7. The number of amides is 1. The first-order valence-corrected chi connectivity index (χ1v) is 10.2. The highest BCUT2D eigenvalue weighted by Gasteiger charge is 2.52. The summed E-state index contributed by atoms with van der Waals surface area (Å²) in [5, 5.41) is 11.7. The molecule has 0 atom stereocenters. The van der Waals surface area contributed by atoms with E-state index < -0.39 is 36.0 Å². The first-order chi connectivity index (χ1) is 14.2. The number of aliphatic carboxylic acids is 1. The zero-order valence-electron chi connectivity index (χ0n) is 19.3. The fraction of sp³-hybridized carbons (Fsp3) is 0.478. The zero-order chi connectivity index (χ0) is 23.4. The van der Waals surface area contributed by atoms with Crippen LogP contribution in [0.25, 0.3) is 12.2 Å². The van der Waals surface area contributed by atoms with Gasteiger partial charge >= 0.3 is 19.2 Å². The lowest BCUT2D eigenvalue weighted by atomic mass is 9.76. The van der Waals surface area contributed by atoms with Gasteiger partial charge in [-0.1, -0.05) is 30.3 Å². The number of benzene rings is 1. The van der Waals surface area contributed by atoms with E-state index in [1.165, 1.54) is 6.08 Å². The van der Waals surface area contributed by atoms with Crippen LogP contribution in [0.1, 0.15) is 59.6 Å². The van der Waals surface area contributed by atoms with Gasteiger partial charge in [0.25, 0.3) is 0 Å². The Morgan fingerprint density at radius 1 is 1.10 bits per heavy atom. The number of carboxylic acid groups (broad SMARTS) is 1. The average Bonchev–Trinajstić information content (AvgIpc) is 2.83. The Morgan fingerprint density at radius 3 is 2.16 bits per heavy atom. The molecule has 2 rings (SSSR count). The number of carboxylic acids is 1. The van der Waals surface area contributed by atoms with E-state index in [0.29, 0.717) is 5.47 Å². The fourth-order valence-corrected chi connectivity index (χ4v) is 2.84. The summed E-state index contributed by atoms with van der Waals surface area (Å²) in [7, 11) is -0.684. The van der Waals surface area contributed by atoms with Crippen molar-refractivity contribution in [2.45, 2.75) is 65.3 Å². The molecule has 2 N–H and O–H groups in total. The van der Waals surface area contributed by atoms with Gasteiger partial charge in [0.05, 0.1) is 11.2 Å². The maximum atomic E-state index is 12.2. The monoisotopic (exact) mass is 429 g/mol. The maximum absolute atomic E-state index is 12.2. The molecule has 0 spiro atoms. The van der Waals surface area contributed by atoms with E-state index in [1.54, 1.807) is 20.8 Å². The standard InChI is InChI=1S/C23H32BNO6/c1-21(2,3)29-20(28)25-15-18(24-30-22(4,5)23(6,7)31-24)14-17-11-9-8-10-16(17)12-13-19(26)27/h8-14H,15H2,1-7H3,(H,25,28)(H,26,27)/b13-12+,18-14?. The molecule has 8 heteroatoms. The van der Waals surface area contributed by atoms with Gasteiger partial charge in [-0.05, 0) is 71.1 Å². The van der Waals surface area contributed by atoms with Gasteiger partial charge in [-0.2, -0.15) is 0 Å². The van der Waals surface area contributed by atoms with Gasteiger partial charge in [0.15, 0.2) is 0 Å². The molecule has 0 bridgehead atoms.